The molecular formula is C23H20BrN3O. The Kier molecular flexibility index (Phi) is 5.53. The van der Waals surface area contributed by atoms with Crippen LogP contribution in [0.5, 0.6) is 0 Å². The molecule has 1 heterocycles. The van der Waals surface area contributed by atoms with Crippen molar-refractivity contribution in [3.05, 3.63) is 100 Å². The molecule has 0 aliphatic carbocycles. The molecule has 4 aromatic rings. The standard InChI is InChI=1S/C23H20BrN3O/c24-19-10-6-7-17(15-19)16-27-21-12-5-4-11-20(21)26-22(27)13-14-25-23(28)18-8-2-1-3-9-18/h1-12,15H,13-14,16H2,(H,25,28). The van der Waals surface area contributed by atoms with Gasteiger partial charge < -0.3 is 9.88 Å². The zero-order chi connectivity index (χ0) is 19.3. The molecule has 0 bridgehead atoms. The van der Waals surface area contributed by atoms with Crippen molar-refractivity contribution in [1.29, 1.82) is 0 Å². The van der Waals surface area contributed by atoms with E-state index < -0.39 is 0 Å². The van der Waals surface area contributed by atoms with Gasteiger partial charge >= 0.3 is 0 Å². The maximum Gasteiger partial charge on any atom is 0.251 e. The predicted octanol–water partition coefficient (Wildman–Crippen LogP) is 4.82. The minimum absolute atomic E-state index is 0.0600. The van der Waals surface area contributed by atoms with Crippen molar-refractivity contribution in [2.45, 2.75) is 13.0 Å². The Bertz CT molecular complexity index is 1110. The van der Waals surface area contributed by atoms with Crippen LogP contribution in [0.3, 0.4) is 0 Å². The number of halogens is 1. The van der Waals surface area contributed by atoms with E-state index in [1.165, 1.54) is 5.56 Å². The van der Waals surface area contributed by atoms with E-state index in [9.17, 15) is 4.79 Å². The number of rotatable bonds is 6. The Morgan fingerprint density at radius 2 is 1.75 bits per heavy atom. The normalized spacial score (nSPS) is 10.9. The van der Waals surface area contributed by atoms with E-state index in [2.05, 4.69) is 44.0 Å². The average molecular weight is 434 g/mol. The van der Waals surface area contributed by atoms with Crippen molar-refractivity contribution in [3.63, 3.8) is 0 Å². The van der Waals surface area contributed by atoms with Gasteiger partial charge in [0.05, 0.1) is 11.0 Å². The smallest absolute Gasteiger partial charge is 0.251 e. The van der Waals surface area contributed by atoms with E-state index in [-0.39, 0.29) is 5.91 Å². The molecule has 28 heavy (non-hydrogen) atoms. The van der Waals surface area contributed by atoms with Gasteiger partial charge in [0.1, 0.15) is 5.82 Å². The van der Waals surface area contributed by atoms with E-state index >= 15 is 0 Å². The first kappa shape index (κ1) is 18.4. The average Bonchev–Trinajstić information content (AvgIpc) is 3.06. The van der Waals surface area contributed by atoms with Crippen LogP contribution in [-0.4, -0.2) is 22.0 Å². The Morgan fingerprint density at radius 1 is 0.964 bits per heavy atom. The molecule has 4 rings (SSSR count). The number of hydrogen-bond acceptors (Lipinski definition) is 2. The minimum Gasteiger partial charge on any atom is -0.352 e. The molecule has 0 saturated carbocycles. The van der Waals surface area contributed by atoms with E-state index in [1.807, 2.05) is 60.7 Å². The van der Waals surface area contributed by atoms with Crippen molar-refractivity contribution >= 4 is 32.9 Å². The van der Waals surface area contributed by atoms with Gasteiger partial charge in [0, 0.05) is 29.5 Å². The summed E-state index contributed by atoms with van der Waals surface area (Å²) in [6.07, 6.45) is 0.668. The molecule has 0 fully saturated rings. The predicted molar refractivity (Wildman–Crippen MR) is 115 cm³/mol. The Labute approximate surface area is 172 Å². The highest BCUT2D eigenvalue weighted by molar-refractivity contribution is 9.10. The summed E-state index contributed by atoms with van der Waals surface area (Å²) in [5.74, 6) is 0.907. The topological polar surface area (TPSA) is 46.9 Å². The van der Waals surface area contributed by atoms with Gasteiger partial charge in [0.25, 0.3) is 5.91 Å². The number of amides is 1. The molecule has 3 aromatic carbocycles. The fourth-order valence-electron chi connectivity index (χ4n) is 3.29. The van der Waals surface area contributed by atoms with Crippen LogP contribution < -0.4 is 5.32 Å². The number of imidazole rings is 1. The summed E-state index contributed by atoms with van der Waals surface area (Å²) in [6.45, 7) is 1.28. The first-order chi connectivity index (χ1) is 13.7. The molecular weight excluding hydrogens is 414 g/mol. The Morgan fingerprint density at radius 3 is 2.57 bits per heavy atom. The first-order valence-electron chi connectivity index (χ1n) is 9.22. The van der Waals surface area contributed by atoms with Gasteiger partial charge in [0.15, 0.2) is 0 Å². The number of carbonyl (C=O) groups is 1. The number of para-hydroxylation sites is 2. The molecule has 0 saturated heterocycles. The van der Waals surface area contributed by atoms with Gasteiger partial charge in [0.2, 0.25) is 0 Å². The molecule has 0 unspecified atom stereocenters. The Balaban J connectivity index is 1.54. The number of carbonyl (C=O) groups excluding carboxylic acids is 1. The van der Waals surface area contributed by atoms with Crippen LogP contribution in [0.4, 0.5) is 0 Å². The summed E-state index contributed by atoms with van der Waals surface area (Å²) >= 11 is 3.54. The largest absolute Gasteiger partial charge is 0.352 e. The number of hydrogen-bond donors (Lipinski definition) is 1. The minimum atomic E-state index is -0.0600. The van der Waals surface area contributed by atoms with Gasteiger partial charge in [-0.2, -0.15) is 0 Å². The monoisotopic (exact) mass is 433 g/mol. The summed E-state index contributed by atoms with van der Waals surface area (Å²) in [5, 5.41) is 2.99. The van der Waals surface area contributed by atoms with Crippen LogP contribution >= 0.6 is 15.9 Å². The quantitative estimate of drug-likeness (QED) is 0.473. The highest BCUT2D eigenvalue weighted by Crippen LogP contribution is 2.20. The lowest BCUT2D eigenvalue weighted by molar-refractivity contribution is 0.0954. The van der Waals surface area contributed by atoms with Crippen LogP contribution in [0, 0.1) is 0 Å². The van der Waals surface area contributed by atoms with E-state index in [0.29, 0.717) is 18.5 Å². The molecule has 1 N–H and O–H groups in total. The molecule has 0 spiro atoms. The van der Waals surface area contributed by atoms with Crippen molar-refractivity contribution in [2.75, 3.05) is 6.54 Å². The molecule has 4 nitrogen and oxygen atoms in total. The number of aromatic nitrogens is 2. The second-order valence-electron chi connectivity index (χ2n) is 6.60. The van der Waals surface area contributed by atoms with Gasteiger partial charge in [-0.15, -0.1) is 0 Å². The van der Waals surface area contributed by atoms with Crippen molar-refractivity contribution in [3.8, 4) is 0 Å². The lowest BCUT2D eigenvalue weighted by Crippen LogP contribution is -2.26. The molecule has 1 amide bonds. The summed E-state index contributed by atoms with van der Waals surface area (Å²) in [7, 11) is 0. The van der Waals surface area contributed by atoms with E-state index in [1.54, 1.807) is 0 Å². The van der Waals surface area contributed by atoms with Gasteiger partial charge in [-0.3, -0.25) is 4.79 Å². The van der Waals surface area contributed by atoms with Gasteiger partial charge in [-0.25, -0.2) is 4.98 Å². The summed E-state index contributed by atoms with van der Waals surface area (Å²) in [4.78, 5) is 17.1. The van der Waals surface area contributed by atoms with Crippen molar-refractivity contribution in [2.24, 2.45) is 0 Å². The zero-order valence-corrected chi connectivity index (χ0v) is 16.9. The zero-order valence-electron chi connectivity index (χ0n) is 15.3. The SMILES string of the molecule is O=C(NCCc1nc2ccccc2n1Cc1cccc(Br)c1)c1ccccc1. The number of nitrogens with zero attached hydrogens (tertiary/aromatic N) is 2. The van der Waals surface area contributed by atoms with Crippen LogP contribution in [0.15, 0.2) is 83.3 Å². The van der Waals surface area contributed by atoms with Crippen LogP contribution in [0.1, 0.15) is 21.7 Å². The molecule has 1 aromatic heterocycles. The van der Waals surface area contributed by atoms with Gasteiger partial charge in [-0.1, -0.05) is 58.4 Å². The summed E-state index contributed by atoms with van der Waals surface area (Å²) in [5.41, 5.74) is 3.95. The van der Waals surface area contributed by atoms with Crippen molar-refractivity contribution in [1.82, 2.24) is 14.9 Å². The number of benzene rings is 3. The summed E-state index contributed by atoms with van der Waals surface area (Å²) in [6, 6.07) is 25.7. The second kappa shape index (κ2) is 8.40. The van der Waals surface area contributed by atoms with E-state index in [4.69, 9.17) is 4.98 Å². The maximum atomic E-state index is 12.3. The Hall–Kier alpha value is -2.92. The molecule has 0 radical (unpaired) electrons. The third kappa shape index (κ3) is 4.15. The highest BCUT2D eigenvalue weighted by Gasteiger charge is 2.12. The van der Waals surface area contributed by atoms with Crippen LogP contribution in [0.25, 0.3) is 11.0 Å². The lowest BCUT2D eigenvalue weighted by Gasteiger charge is -2.11. The van der Waals surface area contributed by atoms with Crippen LogP contribution in [-0.2, 0) is 13.0 Å². The molecule has 140 valence electrons. The fraction of sp³-hybridized carbons (Fsp3) is 0.130. The van der Waals surface area contributed by atoms with Crippen LogP contribution in [0.2, 0.25) is 0 Å². The molecule has 0 aliphatic rings. The molecule has 5 heteroatoms. The maximum absolute atomic E-state index is 12.3. The van der Waals surface area contributed by atoms with Gasteiger partial charge in [-0.05, 0) is 42.0 Å². The third-order valence-electron chi connectivity index (χ3n) is 4.63. The number of fused-ring (bicyclic) bond motifs is 1. The molecule has 0 atom stereocenters. The highest BCUT2D eigenvalue weighted by atomic mass is 79.9. The second-order valence-corrected chi connectivity index (χ2v) is 7.52. The van der Waals surface area contributed by atoms with Crippen molar-refractivity contribution < 1.29 is 4.79 Å². The lowest BCUT2D eigenvalue weighted by atomic mass is 10.2. The fourth-order valence-corrected chi connectivity index (χ4v) is 3.74. The third-order valence-corrected chi connectivity index (χ3v) is 5.13. The summed E-state index contributed by atoms with van der Waals surface area (Å²) < 4.78 is 3.29. The number of nitrogens with one attached hydrogen (secondary N) is 1. The molecule has 0 aliphatic heterocycles. The van der Waals surface area contributed by atoms with E-state index in [0.717, 1.165) is 27.9 Å². The first-order valence-corrected chi connectivity index (χ1v) is 10.0.